The number of hydrogen-bond acceptors (Lipinski definition) is 7. The molecule has 1 N–H and O–H groups in total. The van der Waals surface area contributed by atoms with E-state index in [-0.39, 0.29) is 6.61 Å². The van der Waals surface area contributed by atoms with E-state index >= 15 is 0 Å². The SMILES string of the molecule is CCN(CC)CC(O)COc1cc(CN2CCN(c3ccncc3)CC2)ccc1OC. The molecule has 1 aliphatic rings. The van der Waals surface area contributed by atoms with Crippen molar-refractivity contribution in [2.75, 3.05) is 64.4 Å². The van der Waals surface area contributed by atoms with Gasteiger partial charge in [0.05, 0.1) is 7.11 Å². The van der Waals surface area contributed by atoms with E-state index in [1.807, 2.05) is 24.5 Å². The third kappa shape index (κ3) is 6.82. The summed E-state index contributed by atoms with van der Waals surface area (Å²) >= 11 is 0. The van der Waals surface area contributed by atoms with Crippen molar-refractivity contribution in [1.29, 1.82) is 0 Å². The summed E-state index contributed by atoms with van der Waals surface area (Å²) in [7, 11) is 1.65. The topological polar surface area (TPSA) is 61.3 Å². The average Bonchev–Trinajstić information content (AvgIpc) is 2.82. The summed E-state index contributed by atoms with van der Waals surface area (Å²) in [4.78, 5) is 11.2. The number of rotatable bonds is 11. The Morgan fingerprint density at radius 2 is 1.74 bits per heavy atom. The lowest BCUT2D eigenvalue weighted by Crippen LogP contribution is -2.45. The summed E-state index contributed by atoms with van der Waals surface area (Å²) in [5.74, 6) is 1.38. The van der Waals surface area contributed by atoms with Crippen LogP contribution in [0.25, 0.3) is 0 Å². The first-order valence-electron chi connectivity index (χ1n) is 11.2. The van der Waals surface area contributed by atoms with Gasteiger partial charge in [-0.2, -0.15) is 0 Å². The van der Waals surface area contributed by atoms with Crippen LogP contribution in [-0.4, -0.2) is 85.5 Å². The zero-order chi connectivity index (χ0) is 22.1. The van der Waals surface area contributed by atoms with Gasteiger partial charge in [0.1, 0.15) is 12.7 Å². The molecule has 2 heterocycles. The number of ether oxygens (including phenoxy) is 2. The minimum Gasteiger partial charge on any atom is -0.493 e. The molecule has 7 heteroatoms. The highest BCUT2D eigenvalue weighted by atomic mass is 16.5. The Balaban J connectivity index is 1.54. The Morgan fingerprint density at radius 3 is 2.39 bits per heavy atom. The van der Waals surface area contributed by atoms with Crippen molar-refractivity contribution in [2.24, 2.45) is 0 Å². The molecule has 0 bridgehead atoms. The van der Waals surface area contributed by atoms with Gasteiger partial charge in [-0.3, -0.25) is 9.88 Å². The van der Waals surface area contributed by atoms with Gasteiger partial charge in [0.15, 0.2) is 11.5 Å². The van der Waals surface area contributed by atoms with E-state index in [0.29, 0.717) is 18.0 Å². The van der Waals surface area contributed by atoms with Gasteiger partial charge < -0.3 is 24.4 Å². The van der Waals surface area contributed by atoms with Gasteiger partial charge >= 0.3 is 0 Å². The van der Waals surface area contributed by atoms with E-state index < -0.39 is 6.10 Å². The van der Waals surface area contributed by atoms with Crippen LogP contribution < -0.4 is 14.4 Å². The zero-order valence-corrected chi connectivity index (χ0v) is 19.0. The van der Waals surface area contributed by atoms with Crippen molar-refractivity contribution in [3.8, 4) is 11.5 Å². The molecular formula is C24H36N4O3. The molecule has 1 fully saturated rings. The first-order valence-corrected chi connectivity index (χ1v) is 11.2. The molecule has 1 saturated heterocycles. The fourth-order valence-corrected chi connectivity index (χ4v) is 3.93. The highest BCUT2D eigenvalue weighted by Gasteiger charge is 2.18. The monoisotopic (exact) mass is 428 g/mol. The van der Waals surface area contributed by atoms with Gasteiger partial charge in [0.25, 0.3) is 0 Å². The van der Waals surface area contributed by atoms with E-state index in [4.69, 9.17) is 9.47 Å². The number of pyridine rings is 1. The lowest BCUT2D eigenvalue weighted by Gasteiger charge is -2.36. The van der Waals surface area contributed by atoms with E-state index in [1.54, 1.807) is 7.11 Å². The molecule has 0 aliphatic carbocycles. The van der Waals surface area contributed by atoms with Gasteiger partial charge in [-0.15, -0.1) is 0 Å². The zero-order valence-electron chi connectivity index (χ0n) is 19.0. The lowest BCUT2D eigenvalue weighted by molar-refractivity contribution is 0.0705. The van der Waals surface area contributed by atoms with Crippen molar-refractivity contribution in [3.05, 3.63) is 48.3 Å². The molecule has 1 aliphatic heterocycles. The maximum absolute atomic E-state index is 10.3. The van der Waals surface area contributed by atoms with E-state index in [2.05, 4.69) is 51.7 Å². The van der Waals surface area contributed by atoms with Crippen LogP contribution in [0.1, 0.15) is 19.4 Å². The van der Waals surface area contributed by atoms with Gasteiger partial charge in [0, 0.05) is 57.3 Å². The fourth-order valence-electron chi connectivity index (χ4n) is 3.93. The second-order valence-corrected chi connectivity index (χ2v) is 7.90. The van der Waals surface area contributed by atoms with Crippen molar-refractivity contribution in [2.45, 2.75) is 26.5 Å². The van der Waals surface area contributed by atoms with Crippen LogP contribution in [0.4, 0.5) is 5.69 Å². The van der Waals surface area contributed by atoms with Crippen LogP contribution in [0.3, 0.4) is 0 Å². The van der Waals surface area contributed by atoms with Crippen molar-refractivity contribution in [1.82, 2.24) is 14.8 Å². The summed E-state index contributed by atoms with van der Waals surface area (Å²) in [5, 5.41) is 10.3. The minimum absolute atomic E-state index is 0.251. The maximum Gasteiger partial charge on any atom is 0.161 e. The molecule has 1 aromatic heterocycles. The van der Waals surface area contributed by atoms with Crippen molar-refractivity contribution >= 4 is 5.69 Å². The first kappa shape index (κ1) is 23.3. The molecule has 2 aromatic rings. The predicted molar refractivity (Wildman–Crippen MR) is 124 cm³/mol. The molecular weight excluding hydrogens is 392 g/mol. The Kier molecular flexibility index (Phi) is 8.94. The molecule has 0 saturated carbocycles. The van der Waals surface area contributed by atoms with Crippen molar-refractivity contribution in [3.63, 3.8) is 0 Å². The molecule has 1 unspecified atom stereocenters. The molecule has 0 spiro atoms. The van der Waals surface area contributed by atoms with E-state index in [1.165, 1.54) is 11.3 Å². The molecule has 3 rings (SSSR count). The van der Waals surface area contributed by atoms with Crippen LogP contribution in [0.5, 0.6) is 11.5 Å². The highest BCUT2D eigenvalue weighted by molar-refractivity contribution is 5.45. The second-order valence-electron chi connectivity index (χ2n) is 7.90. The molecule has 1 aromatic carbocycles. The third-order valence-corrected chi connectivity index (χ3v) is 5.83. The summed E-state index contributed by atoms with van der Waals surface area (Å²) in [6.07, 6.45) is 3.16. The molecule has 31 heavy (non-hydrogen) atoms. The Morgan fingerprint density at radius 1 is 1.03 bits per heavy atom. The maximum atomic E-state index is 10.3. The number of aliphatic hydroxyl groups excluding tert-OH is 1. The van der Waals surface area contributed by atoms with Crippen molar-refractivity contribution < 1.29 is 14.6 Å². The first-order chi connectivity index (χ1) is 15.1. The number of likely N-dealkylation sites (N-methyl/N-ethyl adjacent to an activating group) is 1. The number of anilines is 1. The third-order valence-electron chi connectivity index (χ3n) is 5.83. The van der Waals surface area contributed by atoms with Crippen LogP contribution in [0.15, 0.2) is 42.7 Å². The number of benzene rings is 1. The smallest absolute Gasteiger partial charge is 0.161 e. The highest BCUT2D eigenvalue weighted by Crippen LogP contribution is 2.29. The molecule has 0 amide bonds. The molecule has 1 atom stereocenters. The Labute approximate surface area is 186 Å². The van der Waals surface area contributed by atoms with Crippen LogP contribution in [-0.2, 0) is 6.54 Å². The number of piperazine rings is 1. The number of hydrogen-bond donors (Lipinski definition) is 1. The molecule has 0 radical (unpaired) electrons. The molecule has 7 nitrogen and oxygen atoms in total. The standard InChI is InChI=1S/C24H36N4O3/c1-4-26(5-2)18-22(29)19-31-24-16-20(6-7-23(24)30-3)17-27-12-14-28(15-13-27)21-8-10-25-11-9-21/h6-11,16,22,29H,4-5,12-15,17-19H2,1-3H3. The Hall–Kier alpha value is -2.35. The van der Waals surface area contributed by atoms with E-state index in [9.17, 15) is 5.11 Å². The van der Waals surface area contributed by atoms with Crippen LogP contribution in [0, 0.1) is 0 Å². The van der Waals surface area contributed by atoms with Gasteiger partial charge in [0.2, 0.25) is 0 Å². The van der Waals surface area contributed by atoms with Gasteiger partial charge in [-0.05, 0) is 42.9 Å². The van der Waals surface area contributed by atoms with Gasteiger partial charge in [-0.1, -0.05) is 19.9 Å². The summed E-state index contributed by atoms with van der Waals surface area (Å²) in [6, 6.07) is 10.2. The van der Waals surface area contributed by atoms with Gasteiger partial charge in [-0.25, -0.2) is 0 Å². The fraction of sp³-hybridized carbons (Fsp3) is 0.542. The van der Waals surface area contributed by atoms with Crippen LogP contribution in [0.2, 0.25) is 0 Å². The second kappa shape index (κ2) is 11.9. The number of aromatic nitrogens is 1. The normalized spacial score (nSPS) is 15.8. The summed E-state index contributed by atoms with van der Waals surface area (Å²) in [6.45, 7) is 11.8. The van der Waals surface area contributed by atoms with E-state index in [0.717, 1.165) is 45.8 Å². The quantitative estimate of drug-likeness (QED) is 0.590. The molecule has 170 valence electrons. The minimum atomic E-state index is -0.533. The summed E-state index contributed by atoms with van der Waals surface area (Å²) < 4.78 is 11.4. The average molecular weight is 429 g/mol. The predicted octanol–water partition coefficient (Wildman–Crippen LogP) is 2.49. The number of nitrogens with zero attached hydrogens (tertiary/aromatic N) is 4. The number of methoxy groups -OCH3 is 1. The number of aliphatic hydroxyl groups is 1. The van der Waals surface area contributed by atoms with Crippen LogP contribution >= 0.6 is 0 Å². The largest absolute Gasteiger partial charge is 0.493 e. The lowest BCUT2D eigenvalue weighted by atomic mass is 10.1. The Bertz CT molecular complexity index is 778. The summed E-state index contributed by atoms with van der Waals surface area (Å²) in [5.41, 5.74) is 2.42.